The van der Waals surface area contributed by atoms with Crippen LogP contribution in [-0.4, -0.2) is 42.2 Å². The fraction of sp³-hybridized carbons (Fsp3) is 0.857. The van der Waals surface area contributed by atoms with Gasteiger partial charge in [-0.3, -0.25) is 0 Å². The second-order valence-electron chi connectivity index (χ2n) is 3.27. The number of rotatable bonds is 4. The van der Waals surface area contributed by atoms with Crippen molar-refractivity contribution in [1.82, 2.24) is 10.0 Å². The molecule has 0 unspecified atom stereocenters. The summed E-state index contributed by atoms with van der Waals surface area (Å²) in [4.78, 5) is 7.04. The van der Waals surface area contributed by atoms with Gasteiger partial charge >= 0.3 is 0 Å². The zero-order chi connectivity index (χ0) is 10.5. The molecule has 2 rings (SSSR count). The van der Waals surface area contributed by atoms with E-state index >= 15 is 0 Å². The van der Waals surface area contributed by atoms with E-state index in [0.717, 1.165) is 31.9 Å². The van der Waals surface area contributed by atoms with Crippen LogP contribution in [0.15, 0.2) is 20.6 Å². The second kappa shape index (κ2) is 4.61. The first kappa shape index (κ1) is 9.72. The van der Waals surface area contributed by atoms with E-state index in [1.165, 1.54) is 0 Å². The van der Waals surface area contributed by atoms with Crippen molar-refractivity contribution in [3.05, 3.63) is 10.4 Å². The normalized spacial score (nSPS) is 18.5. The van der Waals surface area contributed by atoms with Crippen LogP contribution >= 0.6 is 0 Å². The highest BCUT2D eigenvalue weighted by molar-refractivity contribution is 5.80. The van der Waals surface area contributed by atoms with Crippen LogP contribution in [0.4, 0.5) is 0 Å². The SMILES string of the molecule is [N-]=[N+]=NCCCN1N=NN2CCCN=C12. The lowest BCUT2D eigenvalue weighted by atomic mass is 10.3. The lowest BCUT2D eigenvalue weighted by Gasteiger charge is -2.21. The first-order chi connectivity index (χ1) is 7.42. The number of hydrogen-bond donors (Lipinski definition) is 0. The summed E-state index contributed by atoms with van der Waals surface area (Å²) in [5, 5.41) is 15.0. The minimum Gasteiger partial charge on any atom is -0.250 e. The molecule has 0 saturated heterocycles. The molecule has 0 bridgehead atoms. The Balaban J connectivity index is 1.85. The Morgan fingerprint density at radius 2 is 2.40 bits per heavy atom. The first-order valence-electron chi connectivity index (χ1n) is 4.94. The van der Waals surface area contributed by atoms with E-state index in [0.29, 0.717) is 13.1 Å². The monoisotopic (exact) mass is 208 g/mol. The van der Waals surface area contributed by atoms with Gasteiger partial charge in [-0.25, -0.2) is 15.0 Å². The highest BCUT2D eigenvalue weighted by atomic mass is 15.8. The van der Waals surface area contributed by atoms with Crippen LogP contribution in [-0.2, 0) is 0 Å². The summed E-state index contributed by atoms with van der Waals surface area (Å²) in [6, 6.07) is 0. The van der Waals surface area contributed by atoms with Crippen LogP contribution in [0.3, 0.4) is 0 Å². The van der Waals surface area contributed by atoms with Gasteiger partial charge in [-0.15, -0.1) is 0 Å². The Hall–Kier alpha value is -1.82. The van der Waals surface area contributed by atoms with Gasteiger partial charge in [0.05, 0.1) is 0 Å². The molecule has 0 fully saturated rings. The minimum absolute atomic E-state index is 0.482. The molecule has 0 aromatic carbocycles. The Morgan fingerprint density at radius 1 is 1.47 bits per heavy atom. The lowest BCUT2D eigenvalue weighted by Crippen LogP contribution is -2.37. The molecule has 0 saturated carbocycles. The average Bonchev–Trinajstić information content (AvgIpc) is 2.68. The zero-order valence-electron chi connectivity index (χ0n) is 8.32. The first-order valence-corrected chi connectivity index (χ1v) is 4.94. The smallest absolute Gasteiger partial charge is 0.241 e. The highest BCUT2D eigenvalue weighted by Gasteiger charge is 2.26. The predicted molar refractivity (Wildman–Crippen MR) is 53.8 cm³/mol. The molecule has 15 heavy (non-hydrogen) atoms. The largest absolute Gasteiger partial charge is 0.250 e. The molecule has 80 valence electrons. The van der Waals surface area contributed by atoms with Crippen molar-refractivity contribution < 1.29 is 0 Å². The van der Waals surface area contributed by atoms with Crippen molar-refractivity contribution >= 4 is 5.96 Å². The molecule has 0 spiro atoms. The van der Waals surface area contributed by atoms with Crippen molar-refractivity contribution in [1.29, 1.82) is 0 Å². The van der Waals surface area contributed by atoms with E-state index in [4.69, 9.17) is 5.53 Å². The van der Waals surface area contributed by atoms with E-state index in [2.05, 4.69) is 25.5 Å². The van der Waals surface area contributed by atoms with Crippen LogP contribution in [0.5, 0.6) is 0 Å². The van der Waals surface area contributed by atoms with Crippen molar-refractivity contribution in [2.45, 2.75) is 12.8 Å². The van der Waals surface area contributed by atoms with Gasteiger partial charge in [0.25, 0.3) is 0 Å². The quantitative estimate of drug-likeness (QED) is 0.302. The van der Waals surface area contributed by atoms with Gasteiger partial charge in [0.1, 0.15) is 0 Å². The summed E-state index contributed by atoms with van der Waals surface area (Å²) >= 11 is 0. The van der Waals surface area contributed by atoms with Crippen LogP contribution in [0.25, 0.3) is 10.4 Å². The molecule has 0 N–H and O–H groups in total. The van der Waals surface area contributed by atoms with Gasteiger partial charge in [0, 0.05) is 31.1 Å². The van der Waals surface area contributed by atoms with E-state index < -0.39 is 0 Å². The van der Waals surface area contributed by atoms with Gasteiger partial charge in [0.2, 0.25) is 5.96 Å². The summed E-state index contributed by atoms with van der Waals surface area (Å²) in [6.45, 7) is 2.90. The Kier molecular flexibility index (Phi) is 2.99. The third-order valence-corrected chi connectivity index (χ3v) is 2.19. The predicted octanol–water partition coefficient (Wildman–Crippen LogP) is 1.35. The Morgan fingerprint density at radius 3 is 3.27 bits per heavy atom. The summed E-state index contributed by atoms with van der Waals surface area (Å²) in [6.07, 6.45) is 1.78. The molecular formula is C7H12N8. The number of azide groups is 1. The molecule has 2 aliphatic rings. The molecule has 8 nitrogen and oxygen atoms in total. The number of nitrogens with zero attached hydrogens (tertiary/aromatic N) is 8. The van der Waals surface area contributed by atoms with E-state index in [9.17, 15) is 0 Å². The molecule has 2 heterocycles. The Bertz CT molecular complexity index is 328. The van der Waals surface area contributed by atoms with Gasteiger partial charge < -0.3 is 0 Å². The maximum Gasteiger partial charge on any atom is 0.241 e. The number of hydrogen-bond acceptors (Lipinski definition) is 6. The van der Waals surface area contributed by atoms with Crippen molar-refractivity contribution in [2.75, 3.05) is 26.2 Å². The summed E-state index contributed by atoms with van der Waals surface area (Å²) in [7, 11) is 0. The molecule has 0 radical (unpaired) electrons. The van der Waals surface area contributed by atoms with Crippen molar-refractivity contribution in [2.24, 2.45) is 20.6 Å². The van der Waals surface area contributed by atoms with Gasteiger partial charge in [0.15, 0.2) is 0 Å². The molecule has 0 atom stereocenters. The third-order valence-electron chi connectivity index (χ3n) is 2.19. The van der Waals surface area contributed by atoms with E-state index in [1.54, 1.807) is 10.0 Å². The fourth-order valence-corrected chi connectivity index (χ4v) is 1.50. The van der Waals surface area contributed by atoms with Crippen LogP contribution in [0.1, 0.15) is 12.8 Å². The molecule has 0 aromatic rings. The molecule has 2 aliphatic heterocycles. The summed E-state index contributed by atoms with van der Waals surface area (Å²) in [5.41, 5.74) is 8.12. The van der Waals surface area contributed by atoms with Crippen LogP contribution in [0, 0.1) is 0 Å². The molecule has 0 aliphatic carbocycles. The van der Waals surface area contributed by atoms with Crippen LogP contribution in [0.2, 0.25) is 0 Å². The fourth-order valence-electron chi connectivity index (χ4n) is 1.50. The summed E-state index contributed by atoms with van der Waals surface area (Å²) in [5.74, 6) is 0.821. The van der Waals surface area contributed by atoms with E-state index in [1.807, 2.05) is 0 Å². The van der Waals surface area contributed by atoms with Gasteiger partial charge in [-0.05, 0) is 28.8 Å². The topological polar surface area (TPSA) is 92.3 Å². The Labute approximate surface area is 86.9 Å². The maximum atomic E-state index is 8.12. The highest BCUT2D eigenvalue weighted by Crippen LogP contribution is 2.15. The van der Waals surface area contributed by atoms with Crippen molar-refractivity contribution in [3.8, 4) is 0 Å². The molecular weight excluding hydrogens is 196 g/mol. The van der Waals surface area contributed by atoms with Gasteiger partial charge in [-0.1, -0.05) is 5.11 Å². The minimum atomic E-state index is 0.482. The van der Waals surface area contributed by atoms with E-state index in [-0.39, 0.29) is 0 Å². The lowest BCUT2D eigenvalue weighted by molar-refractivity contribution is 0.393. The maximum absolute atomic E-state index is 8.12. The van der Waals surface area contributed by atoms with Crippen LogP contribution < -0.4 is 0 Å². The third kappa shape index (κ3) is 2.16. The number of fused-ring (bicyclic) bond motifs is 1. The standard InChI is InChI=1S/C7H12N8/c8-11-10-4-2-6-15-7-9-3-1-5-14(7)12-13-15/h1-6H2. The second-order valence-corrected chi connectivity index (χ2v) is 3.27. The molecule has 0 aromatic heterocycles. The van der Waals surface area contributed by atoms with Crippen molar-refractivity contribution in [3.63, 3.8) is 0 Å². The summed E-state index contributed by atoms with van der Waals surface area (Å²) < 4.78 is 0. The number of aliphatic imine (C=N–C) groups is 1. The zero-order valence-corrected chi connectivity index (χ0v) is 8.32. The molecule has 0 amide bonds. The van der Waals surface area contributed by atoms with Gasteiger partial charge in [-0.2, -0.15) is 0 Å². The number of guanidine groups is 1. The average molecular weight is 208 g/mol. The molecule has 8 heteroatoms.